The number of piperidine rings is 1. The molecule has 0 aromatic heterocycles. The number of methoxy groups -OCH3 is 3. The summed E-state index contributed by atoms with van der Waals surface area (Å²) in [6.07, 6.45) is 1.58. The van der Waals surface area contributed by atoms with Crippen molar-refractivity contribution >= 4 is 17.7 Å². The molecule has 3 amide bonds. The van der Waals surface area contributed by atoms with E-state index in [-0.39, 0.29) is 23.8 Å². The van der Waals surface area contributed by atoms with E-state index in [1.165, 1.54) is 6.92 Å². The third kappa shape index (κ3) is 6.88. The highest BCUT2D eigenvalue weighted by Crippen LogP contribution is 2.28. The van der Waals surface area contributed by atoms with Gasteiger partial charge in [0.1, 0.15) is 11.8 Å². The van der Waals surface area contributed by atoms with Crippen molar-refractivity contribution in [1.82, 2.24) is 15.5 Å². The summed E-state index contributed by atoms with van der Waals surface area (Å²) in [7, 11) is 4.69. The van der Waals surface area contributed by atoms with Gasteiger partial charge in [-0.05, 0) is 54.8 Å². The molecule has 1 atom stereocenters. The zero-order valence-electron chi connectivity index (χ0n) is 20.6. The van der Waals surface area contributed by atoms with Gasteiger partial charge >= 0.3 is 0 Å². The third-order valence-electron chi connectivity index (χ3n) is 6.05. The molecule has 188 valence electrons. The topological polar surface area (TPSA) is 106 Å². The maximum atomic E-state index is 13.1. The van der Waals surface area contributed by atoms with Crippen LogP contribution in [0.4, 0.5) is 0 Å². The SMILES string of the molecule is COc1ccc(C(=O)N2CCC(NC(=O)[C@H](Cc3ccc(OC)c(OC)c3)NC(C)=O)CC2)cc1. The number of carbonyl (C=O) groups excluding carboxylic acids is 3. The molecule has 9 heteroatoms. The quantitative estimate of drug-likeness (QED) is 0.566. The van der Waals surface area contributed by atoms with E-state index in [0.29, 0.717) is 55.2 Å². The van der Waals surface area contributed by atoms with E-state index < -0.39 is 6.04 Å². The first kappa shape index (κ1) is 25.9. The number of rotatable bonds is 9. The summed E-state index contributed by atoms with van der Waals surface area (Å²) >= 11 is 0. The number of carbonyl (C=O) groups is 3. The first-order valence-electron chi connectivity index (χ1n) is 11.6. The summed E-state index contributed by atoms with van der Waals surface area (Å²) in [5.41, 5.74) is 1.44. The molecule has 0 aliphatic carbocycles. The van der Waals surface area contributed by atoms with Crippen LogP contribution in [0.1, 0.15) is 35.7 Å². The number of nitrogens with zero attached hydrogens (tertiary/aromatic N) is 1. The maximum Gasteiger partial charge on any atom is 0.253 e. The summed E-state index contributed by atoms with van der Waals surface area (Å²) in [6, 6.07) is 11.6. The van der Waals surface area contributed by atoms with Crippen LogP contribution in [0.25, 0.3) is 0 Å². The minimum Gasteiger partial charge on any atom is -0.497 e. The molecule has 1 saturated heterocycles. The van der Waals surface area contributed by atoms with Gasteiger partial charge in [-0.1, -0.05) is 6.07 Å². The lowest BCUT2D eigenvalue weighted by Gasteiger charge is -2.33. The van der Waals surface area contributed by atoms with E-state index in [4.69, 9.17) is 14.2 Å². The van der Waals surface area contributed by atoms with Gasteiger partial charge in [0.2, 0.25) is 11.8 Å². The molecule has 0 unspecified atom stereocenters. The fourth-order valence-electron chi connectivity index (χ4n) is 4.14. The molecule has 1 aliphatic heterocycles. The highest BCUT2D eigenvalue weighted by atomic mass is 16.5. The van der Waals surface area contributed by atoms with Gasteiger partial charge < -0.3 is 29.7 Å². The van der Waals surface area contributed by atoms with E-state index in [0.717, 1.165) is 5.56 Å². The molecule has 9 nitrogen and oxygen atoms in total. The van der Waals surface area contributed by atoms with Crippen LogP contribution in [0.2, 0.25) is 0 Å². The van der Waals surface area contributed by atoms with Gasteiger partial charge in [-0.25, -0.2) is 0 Å². The van der Waals surface area contributed by atoms with Crippen molar-refractivity contribution in [2.45, 2.75) is 38.3 Å². The Bertz CT molecular complexity index is 1030. The molecular weight excluding hydrogens is 450 g/mol. The number of benzene rings is 2. The zero-order chi connectivity index (χ0) is 25.4. The molecule has 1 fully saturated rings. The third-order valence-corrected chi connectivity index (χ3v) is 6.05. The minimum atomic E-state index is -0.732. The highest BCUT2D eigenvalue weighted by molar-refractivity contribution is 5.94. The van der Waals surface area contributed by atoms with Gasteiger partial charge in [0.25, 0.3) is 5.91 Å². The Hall–Kier alpha value is -3.75. The Morgan fingerprint density at radius 2 is 1.60 bits per heavy atom. The van der Waals surface area contributed by atoms with E-state index in [1.807, 2.05) is 6.07 Å². The predicted molar refractivity (Wildman–Crippen MR) is 131 cm³/mol. The van der Waals surface area contributed by atoms with Crippen molar-refractivity contribution in [1.29, 1.82) is 0 Å². The Balaban J connectivity index is 1.58. The van der Waals surface area contributed by atoms with E-state index in [2.05, 4.69) is 10.6 Å². The number of hydrogen-bond donors (Lipinski definition) is 2. The van der Waals surface area contributed by atoms with Crippen molar-refractivity contribution in [3.63, 3.8) is 0 Å². The predicted octanol–water partition coefficient (Wildman–Crippen LogP) is 2.18. The monoisotopic (exact) mass is 483 g/mol. The number of amides is 3. The average Bonchev–Trinajstić information content (AvgIpc) is 2.88. The first-order valence-corrected chi connectivity index (χ1v) is 11.6. The van der Waals surface area contributed by atoms with Crippen LogP contribution in [-0.4, -0.2) is 69.1 Å². The molecule has 35 heavy (non-hydrogen) atoms. The summed E-state index contributed by atoms with van der Waals surface area (Å²) in [6.45, 7) is 2.46. The van der Waals surface area contributed by atoms with Crippen LogP contribution < -0.4 is 24.8 Å². The summed E-state index contributed by atoms with van der Waals surface area (Å²) < 4.78 is 15.8. The van der Waals surface area contributed by atoms with Gasteiger partial charge in [-0.2, -0.15) is 0 Å². The van der Waals surface area contributed by atoms with Crippen molar-refractivity contribution in [3.8, 4) is 17.2 Å². The van der Waals surface area contributed by atoms with Gasteiger partial charge in [-0.3, -0.25) is 14.4 Å². The lowest BCUT2D eigenvalue weighted by molar-refractivity contribution is -0.128. The number of likely N-dealkylation sites (tertiary alicyclic amines) is 1. The van der Waals surface area contributed by atoms with Gasteiger partial charge in [0.05, 0.1) is 21.3 Å². The van der Waals surface area contributed by atoms with Gasteiger partial charge in [-0.15, -0.1) is 0 Å². The van der Waals surface area contributed by atoms with Crippen LogP contribution in [0.3, 0.4) is 0 Å². The van der Waals surface area contributed by atoms with Crippen LogP contribution in [0, 0.1) is 0 Å². The lowest BCUT2D eigenvalue weighted by Crippen LogP contribution is -2.53. The average molecular weight is 484 g/mol. The van der Waals surface area contributed by atoms with Crippen molar-refractivity contribution in [2.24, 2.45) is 0 Å². The molecule has 1 aliphatic rings. The largest absolute Gasteiger partial charge is 0.497 e. The Kier molecular flexibility index (Phi) is 8.94. The van der Waals surface area contributed by atoms with E-state index >= 15 is 0 Å². The van der Waals surface area contributed by atoms with Crippen LogP contribution in [0.5, 0.6) is 17.2 Å². The molecular formula is C26H33N3O6. The van der Waals surface area contributed by atoms with Crippen LogP contribution in [0.15, 0.2) is 42.5 Å². The molecule has 2 aromatic rings. The normalized spacial score (nSPS) is 14.6. The van der Waals surface area contributed by atoms with Gasteiger partial charge in [0.15, 0.2) is 11.5 Å². The molecule has 0 radical (unpaired) electrons. The second kappa shape index (κ2) is 12.1. The highest BCUT2D eigenvalue weighted by Gasteiger charge is 2.28. The molecule has 3 rings (SSSR count). The Morgan fingerprint density at radius 1 is 0.943 bits per heavy atom. The smallest absolute Gasteiger partial charge is 0.253 e. The lowest BCUT2D eigenvalue weighted by atomic mass is 10.0. The first-order chi connectivity index (χ1) is 16.8. The zero-order valence-corrected chi connectivity index (χ0v) is 20.6. The fraction of sp³-hybridized carbons (Fsp3) is 0.423. The summed E-state index contributed by atoms with van der Waals surface area (Å²) in [5, 5.41) is 5.79. The summed E-state index contributed by atoms with van der Waals surface area (Å²) in [5.74, 6) is 1.26. The standard InChI is InChI=1S/C26H33N3O6/c1-17(30)27-22(15-18-5-10-23(34-3)24(16-18)35-4)25(31)28-20-11-13-29(14-12-20)26(32)19-6-8-21(33-2)9-7-19/h5-10,16,20,22H,11-15H2,1-4H3,(H,27,30)(H,28,31)/t22-/m0/s1. The van der Waals surface area contributed by atoms with E-state index in [1.54, 1.807) is 62.6 Å². The molecule has 1 heterocycles. The van der Waals surface area contributed by atoms with Crippen molar-refractivity contribution in [3.05, 3.63) is 53.6 Å². The molecule has 0 spiro atoms. The number of nitrogens with one attached hydrogen (secondary N) is 2. The van der Waals surface area contributed by atoms with Crippen molar-refractivity contribution in [2.75, 3.05) is 34.4 Å². The minimum absolute atomic E-state index is 0.0398. The van der Waals surface area contributed by atoms with Crippen LogP contribution >= 0.6 is 0 Å². The molecule has 2 N–H and O–H groups in total. The number of ether oxygens (including phenoxy) is 3. The molecule has 0 bridgehead atoms. The van der Waals surface area contributed by atoms with E-state index in [9.17, 15) is 14.4 Å². The molecule has 2 aromatic carbocycles. The Labute approximate surface area is 205 Å². The van der Waals surface area contributed by atoms with Gasteiger partial charge in [0, 0.05) is 38.0 Å². The Morgan fingerprint density at radius 3 is 2.17 bits per heavy atom. The second-order valence-electron chi connectivity index (χ2n) is 8.45. The maximum absolute atomic E-state index is 13.1. The van der Waals surface area contributed by atoms with Crippen LogP contribution in [-0.2, 0) is 16.0 Å². The second-order valence-corrected chi connectivity index (χ2v) is 8.45. The number of hydrogen-bond acceptors (Lipinski definition) is 6. The fourth-order valence-corrected chi connectivity index (χ4v) is 4.14. The molecule has 0 saturated carbocycles. The summed E-state index contributed by atoms with van der Waals surface area (Å²) in [4.78, 5) is 39.4. The van der Waals surface area contributed by atoms with Crippen molar-refractivity contribution < 1.29 is 28.6 Å².